The zero-order valence-electron chi connectivity index (χ0n) is 9.77. The van der Waals surface area contributed by atoms with Gasteiger partial charge in [0.05, 0.1) is 24.5 Å². The van der Waals surface area contributed by atoms with Crippen LogP contribution in [-0.4, -0.2) is 19.8 Å². The van der Waals surface area contributed by atoms with Gasteiger partial charge in [0.15, 0.2) is 0 Å². The summed E-state index contributed by atoms with van der Waals surface area (Å²) >= 11 is 0. The predicted molar refractivity (Wildman–Crippen MR) is 58.8 cm³/mol. The lowest BCUT2D eigenvalue weighted by molar-refractivity contribution is -0.137. The maximum absolute atomic E-state index is 13.4. The fourth-order valence-electron chi connectivity index (χ4n) is 1.70. The number of nitrogens with one attached hydrogen (secondary N) is 1. The normalized spacial score (nSPS) is 18.3. The summed E-state index contributed by atoms with van der Waals surface area (Å²) in [5, 5.41) is 2.71. The summed E-state index contributed by atoms with van der Waals surface area (Å²) in [6.07, 6.45) is -4.46. The smallest absolute Gasteiger partial charge is 0.382 e. The molecule has 1 N–H and O–H groups in total. The number of ether oxygens (including phenoxy) is 1. The molecule has 1 aromatic rings. The van der Waals surface area contributed by atoms with E-state index in [4.69, 9.17) is 4.74 Å². The maximum atomic E-state index is 13.4. The molecule has 0 amide bonds. The summed E-state index contributed by atoms with van der Waals surface area (Å²) in [5.74, 6) is -0.688. The lowest BCUT2D eigenvalue weighted by atomic mass is 9.88. The molecule has 2 nitrogen and oxygen atoms in total. The van der Waals surface area contributed by atoms with Gasteiger partial charge in [-0.15, -0.1) is 0 Å². The molecule has 1 heterocycles. The minimum atomic E-state index is -4.46. The van der Waals surface area contributed by atoms with Crippen molar-refractivity contribution >= 4 is 5.69 Å². The fourth-order valence-corrected chi connectivity index (χ4v) is 1.70. The van der Waals surface area contributed by atoms with Crippen LogP contribution in [0.3, 0.4) is 0 Å². The van der Waals surface area contributed by atoms with Gasteiger partial charge in [0.25, 0.3) is 0 Å². The van der Waals surface area contributed by atoms with E-state index in [-0.39, 0.29) is 11.1 Å². The van der Waals surface area contributed by atoms with Crippen LogP contribution in [0.2, 0.25) is 0 Å². The zero-order chi connectivity index (χ0) is 13.4. The molecule has 0 bridgehead atoms. The van der Waals surface area contributed by atoms with Crippen LogP contribution in [0.4, 0.5) is 23.2 Å². The average molecular weight is 263 g/mol. The number of anilines is 1. The van der Waals surface area contributed by atoms with E-state index in [0.29, 0.717) is 19.8 Å². The van der Waals surface area contributed by atoms with E-state index in [1.54, 1.807) is 0 Å². The van der Waals surface area contributed by atoms with Crippen molar-refractivity contribution in [3.63, 3.8) is 0 Å². The fraction of sp³-hybridized carbons (Fsp3) is 0.500. The minimum Gasteiger partial charge on any atom is -0.382 e. The van der Waals surface area contributed by atoms with Gasteiger partial charge >= 0.3 is 6.18 Å². The molecule has 0 radical (unpaired) electrons. The molecule has 1 fully saturated rings. The molecule has 0 saturated carbocycles. The summed E-state index contributed by atoms with van der Waals surface area (Å²) in [6.45, 7) is 3.36. The van der Waals surface area contributed by atoms with Crippen LogP contribution >= 0.6 is 0 Å². The van der Waals surface area contributed by atoms with Gasteiger partial charge in [-0.3, -0.25) is 0 Å². The molecule has 18 heavy (non-hydrogen) atoms. The van der Waals surface area contributed by atoms with Gasteiger partial charge in [0.2, 0.25) is 0 Å². The van der Waals surface area contributed by atoms with E-state index in [1.807, 2.05) is 6.92 Å². The third kappa shape index (κ3) is 2.75. The molecule has 100 valence electrons. The molecule has 1 aliphatic rings. The molecule has 2 rings (SSSR count). The largest absolute Gasteiger partial charge is 0.416 e. The molecule has 1 saturated heterocycles. The number of halogens is 4. The first kappa shape index (κ1) is 13.1. The topological polar surface area (TPSA) is 21.3 Å². The molecular weight excluding hydrogens is 250 g/mol. The summed E-state index contributed by atoms with van der Waals surface area (Å²) in [5.41, 5.74) is -1.12. The van der Waals surface area contributed by atoms with E-state index < -0.39 is 17.6 Å². The summed E-state index contributed by atoms with van der Waals surface area (Å²) < 4.78 is 55.9. The van der Waals surface area contributed by atoms with Crippen molar-refractivity contribution in [1.29, 1.82) is 0 Å². The molecule has 0 aromatic heterocycles. The predicted octanol–water partition coefficient (Wildman–Crippen LogP) is 3.29. The highest BCUT2D eigenvalue weighted by atomic mass is 19.4. The Bertz CT molecular complexity index is 440. The Kier molecular flexibility index (Phi) is 3.23. The number of hydrogen-bond acceptors (Lipinski definition) is 2. The van der Waals surface area contributed by atoms with Crippen molar-refractivity contribution in [1.82, 2.24) is 0 Å². The van der Waals surface area contributed by atoms with Crippen molar-refractivity contribution in [3.8, 4) is 0 Å². The highest BCUT2D eigenvalue weighted by Crippen LogP contribution is 2.33. The Morgan fingerprint density at radius 2 is 2.00 bits per heavy atom. The second-order valence-electron chi connectivity index (χ2n) is 4.85. The highest BCUT2D eigenvalue weighted by Gasteiger charge is 2.34. The summed E-state index contributed by atoms with van der Waals surface area (Å²) in [4.78, 5) is 0. The van der Waals surface area contributed by atoms with Crippen molar-refractivity contribution < 1.29 is 22.3 Å². The van der Waals surface area contributed by atoms with Gasteiger partial charge in [-0.1, -0.05) is 6.92 Å². The molecule has 1 aromatic carbocycles. The molecule has 0 atom stereocenters. The second kappa shape index (κ2) is 4.42. The van der Waals surface area contributed by atoms with Crippen LogP contribution in [0, 0.1) is 11.2 Å². The van der Waals surface area contributed by atoms with E-state index in [0.717, 1.165) is 18.2 Å². The van der Waals surface area contributed by atoms with E-state index in [9.17, 15) is 17.6 Å². The first-order chi connectivity index (χ1) is 8.30. The molecule has 0 aliphatic carbocycles. The van der Waals surface area contributed by atoms with Crippen LogP contribution in [0.25, 0.3) is 0 Å². The molecule has 0 unspecified atom stereocenters. The van der Waals surface area contributed by atoms with Crippen molar-refractivity contribution in [2.24, 2.45) is 5.41 Å². The lowest BCUT2D eigenvalue weighted by Crippen LogP contribution is -2.45. The van der Waals surface area contributed by atoms with Crippen LogP contribution < -0.4 is 5.32 Å². The zero-order valence-corrected chi connectivity index (χ0v) is 9.77. The monoisotopic (exact) mass is 263 g/mol. The third-order valence-electron chi connectivity index (χ3n) is 2.90. The minimum absolute atomic E-state index is 0.127. The van der Waals surface area contributed by atoms with Crippen molar-refractivity contribution in [2.45, 2.75) is 13.1 Å². The van der Waals surface area contributed by atoms with Crippen LogP contribution in [0.15, 0.2) is 18.2 Å². The Morgan fingerprint density at radius 3 is 2.50 bits per heavy atom. The van der Waals surface area contributed by atoms with Gasteiger partial charge < -0.3 is 10.1 Å². The molecular formula is C12H13F4NO. The third-order valence-corrected chi connectivity index (χ3v) is 2.90. The van der Waals surface area contributed by atoms with Gasteiger partial charge in [-0.25, -0.2) is 4.39 Å². The summed E-state index contributed by atoms with van der Waals surface area (Å²) in [6, 6.07) is 2.34. The number of rotatable bonds is 3. The second-order valence-corrected chi connectivity index (χ2v) is 4.85. The molecule has 1 aliphatic heterocycles. The highest BCUT2D eigenvalue weighted by molar-refractivity contribution is 5.48. The summed E-state index contributed by atoms with van der Waals surface area (Å²) in [7, 11) is 0. The van der Waals surface area contributed by atoms with Gasteiger partial charge in [0, 0.05) is 12.0 Å². The SMILES string of the molecule is CC1(CNc2cc(C(F)(F)F)ccc2F)COC1. The number of alkyl halides is 3. The Hall–Kier alpha value is -1.30. The number of hydrogen-bond donors (Lipinski definition) is 1. The van der Waals surface area contributed by atoms with Gasteiger partial charge in [-0.05, 0) is 18.2 Å². The van der Waals surface area contributed by atoms with Crippen LogP contribution in [-0.2, 0) is 10.9 Å². The average Bonchev–Trinajstić information content (AvgIpc) is 2.24. The first-order valence-electron chi connectivity index (χ1n) is 5.49. The Balaban J connectivity index is 2.11. The standard InChI is InChI=1S/C12H13F4NO/c1-11(6-18-7-11)5-17-10-4-8(12(14,15)16)2-3-9(10)13/h2-4,17H,5-7H2,1H3. The van der Waals surface area contributed by atoms with E-state index >= 15 is 0 Å². The van der Waals surface area contributed by atoms with E-state index in [2.05, 4.69) is 5.32 Å². The maximum Gasteiger partial charge on any atom is 0.416 e. The lowest BCUT2D eigenvalue weighted by Gasteiger charge is -2.38. The Morgan fingerprint density at radius 1 is 1.33 bits per heavy atom. The van der Waals surface area contributed by atoms with Gasteiger partial charge in [-0.2, -0.15) is 13.2 Å². The van der Waals surface area contributed by atoms with Gasteiger partial charge in [0.1, 0.15) is 5.82 Å². The molecule has 0 spiro atoms. The first-order valence-corrected chi connectivity index (χ1v) is 5.49. The Labute approximate surface area is 102 Å². The van der Waals surface area contributed by atoms with Crippen molar-refractivity contribution in [3.05, 3.63) is 29.6 Å². The van der Waals surface area contributed by atoms with E-state index in [1.165, 1.54) is 0 Å². The number of benzene rings is 1. The molecule has 6 heteroatoms. The quantitative estimate of drug-likeness (QED) is 0.845. The van der Waals surface area contributed by atoms with Crippen LogP contribution in [0.5, 0.6) is 0 Å². The van der Waals surface area contributed by atoms with Crippen molar-refractivity contribution in [2.75, 3.05) is 25.1 Å². The van der Waals surface area contributed by atoms with Crippen LogP contribution in [0.1, 0.15) is 12.5 Å².